The first-order valence-electron chi connectivity index (χ1n) is 7.18. The predicted octanol–water partition coefficient (Wildman–Crippen LogP) is 4.72. The second-order valence-electron chi connectivity index (χ2n) is 4.70. The van der Waals surface area contributed by atoms with Crippen molar-refractivity contribution >= 4 is 23.1 Å². The molecule has 0 radical (unpaired) electrons. The Bertz CT molecular complexity index is 708. The molecule has 0 amide bonds. The second-order valence-corrected chi connectivity index (χ2v) is 6.75. The molecule has 2 aromatic heterocycles. The number of benzene rings is 1. The van der Waals surface area contributed by atoms with E-state index < -0.39 is 0 Å². The van der Waals surface area contributed by atoms with Gasteiger partial charge in [0.15, 0.2) is 0 Å². The van der Waals surface area contributed by atoms with Crippen molar-refractivity contribution in [2.75, 3.05) is 19.5 Å². The van der Waals surface area contributed by atoms with Gasteiger partial charge < -0.3 is 13.9 Å². The van der Waals surface area contributed by atoms with E-state index in [9.17, 15) is 0 Å². The average Bonchev–Trinajstić information content (AvgIpc) is 3.26. The van der Waals surface area contributed by atoms with E-state index in [1.165, 1.54) is 0 Å². The Morgan fingerprint density at radius 3 is 2.74 bits per heavy atom. The fourth-order valence-corrected chi connectivity index (χ4v) is 3.30. The highest BCUT2D eigenvalue weighted by Crippen LogP contribution is 2.25. The van der Waals surface area contributed by atoms with E-state index in [0.29, 0.717) is 12.5 Å². The second kappa shape index (κ2) is 8.08. The molecule has 2 heterocycles. The van der Waals surface area contributed by atoms with Gasteiger partial charge in [0.05, 0.1) is 24.3 Å². The van der Waals surface area contributed by atoms with Gasteiger partial charge in [0, 0.05) is 11.5 Å². The lowest BCUT2D eigenvalue weighted by Crippen LogP contribution is -2.00. The van der Waals surface area contributed by atoms with Gasteiger partial charge in [-0.25, -0.2) is 4.98 Å². The Hall–Kier alpha value is -1.92. The van der Waals surface area contributed by atoms with E-state index in [4.69, 9.17) is 13.9 Å². The number of hydrogen-bond donors (Lipinski definition) is 0. The summed E-state index contributed by atoms with van der Waals surface area (Å²) in [5, 5.41) is 2.02. The molecule has 0 bridgehead atoms. The zero-order chi connectivity index (χ0) is 15.9. The molecule has 0 aliphatic rings. The van der Waals surface area contributed by atoms with Gasteiger partial charge in [-0.15, -0.1) is 11.3 Å². The zero-order valence-corrected chi connectivity index (χ0v) is 14.4. The first-order valence-corrected chi connectivity index (χ1v) is 9.21. The maximum absolute atomic E-state index is 5.69. The fourth-order valence-electron chi connectivity index (χ4n) is 1.95. The van der Waals surface area contributed by atoms with E-state index in [0.717, 1.165) is 33.6 Å². The van der Waals surface area contributed by atoms with Crippen molar-refractivity contribution < 1.29 is 13.9 Å². The van der Waals surface area contributed by atoms with Gasteiger partial charge >= 0.3 is 0 Å². The molecule has 0 atom stereocenters. The molecular formula is C17H17NO3S2. The van der Waals surface area contributed by atoms with Gasteiger partial charge in [-0.1, -0.05) is 6.07 Å². The van der Waals surface area contributed by atoms with E-state index in [-0.39, 0.29) is 0 Å². The molecule has 23 heavy (non-hydrogen) atoms. The number of oxazole rings is 1. The number of methoxy groups -OCH3 is 1. The van der Waals surface area contributed by atoms with Crippen LogP contribution >= 0.6 is 23.1 Å². The lowest BCUT2D eigenvalue weighted by Gasteiger charge is -2.06. The number of nitrogens with zero attached hydrogens (tertiary/aromatic N) is 1. The summed E-state index contributed by atoms with van der Waals surface area (Å²) in [5.74, 6) is 4.10. The number of hydrogen-bond acceptors (Lipinski definition) is 6. The molecule has 0 fully saturated rings. The van der Waals surface area contributed by atoms with Gasteiger partial charge in [-0.2, -0.15) is 11.8 Å². The summed E-state index contributed by atoms with van der Waals surface area (Å²) in [6.07, 6.45) is 1.73. The van der Waals surface area contributed by atoms with Crippen LogP contribution in [0.4, 0.5) is 0 Å². The molecule has 0 saturated carbocycles. The van der Waals surface area contributed by atoms with Gasteiger partial charge in [-0.3, -0.25) is 0 Å². The summed E-state index contributed by atoms with van der Waals surface area (Å²) >= 11 is 3.40. The van der Waals surface area contributed by atoms with E-state index in [1.807, 2.05) is 41.8 Å². The maximum Gasteiger partial charge on any atom is 0.236 e. The minimum Gasteiger partial charge on any atom is -0.497 e. The van der Waals surface area contributed by atoms with Crippen LogP contribution in [-0.2, 0) is 5.75 Å². The van der Waals surface area contributed by atoms with Crippen LogP contribution in [0.3, 0.4) is 0 Å². The van der Waals surface area contributed by atoms with Crippen LogP contribution in [0, 0.1) is 0 Å². The molecule has 4 nitrogen and oxygen atoms in total. The molecule has 1 aromatic carbocycles. The van der Waals surface area contributed by atoms with Crippen LogP contribution in [-0.4, -0.2) is 24.5 Å². The van der Waals surface area contributed by atoms with Crippen LogP contribution in [0.1, 0.15) is 5.69 Å². The zero-order valence-electron chi connectivity index (χ0n) is 12.7. The third-order valence-electron chi connectivity index (χ3n) is 3.09. The van der Waals surface area contributed by atoms with E-state index >= 15 is 0 Å². The molecule has 0 aliphatic heterocycles. The summed E-state index contributed by atoms with van der Waals surface area (Å²) < 4.78 is 16.3. The van der Waals surface area contributed by atoms with Crippen molar-refractivity contribution in [2.24, 2.45) is 0 Å². The SMILES string of the molecule is COc1ccc(OCCSCc2coc(-c3cccs3)n2)cc1. The number of aromatic nitrogens is 1. The first kappa shape index (κ1) is 16.0. The predicted molar refractivity (Wildman–Crippen MR) is 94.5 cm³/mol. The summed E-state index contributed by atoms with van der Waals surface area (Å²) in [5.41, 5.74) is 0.961. The number of thioether (sulfide) groups is 1. The molecule has 120 valence electrons. The van der Waals surface area contributed by atoms with Gasteiger partial charge in [-0.05, 0) is 35.7 Å². The Labute approximate surface area is 143 Å². The van der Waals surface area contributed by atoms with Crippen LogP contribution in [0.15, 0.2) is 52.5 Å². The molecule has 3 rings (SSSR count). The van der Waals surface area contributed by atoms with Gasteiger partial charge in [0.2, 0.25) is 5.89 Å². The molecule has 0 aliphatic carbocycles. The van der Waals surface area contributed by atoms with Crippen molar-refractivity contribution in [1.82, 2.24) is 4.98 Å². The van der Waals surface area contributed by atoms with Crippen molar-refractivity contribution in [3.63, 3.8) is 0 Å². The molecule has 0 saturated heterocycles. The topological polar surface area (TPSA) is 44.5 Å². The maximum atomic E-state index is 5.69. The van der Waals surface area contributed by atoms with Gasteiger partial charge in [0.1, 0.15) is 17.8 Å². The summed E-state index contributed by atoms with van der Waals surface area (Å²) in [6, 6.07) is 11.6. The lowest BCUT2D eigenvalue weighted by molar-refractivity contribution is 0.342. The Kier molecular flexibility index (Phi) is 5.60. The third-order valence-corrected chi connectivity index (χ3v) is 4.90. The summed E-state index contributed by atoms with van der Waals surface area (Å²) in [6.45, 7) is 0.659. The van der Waals surface area contributed by atoms with Crippen LogP contribution in [0.2, 0.25) is 0 Å². The highest BCUT2D eigenvalue weighted by atomic mass is 32.2. The standard InChI is InChI=1S/C17H17NO3S2/c1-19-14-4-6-15(7-5-14)20-8-10-22-12-13-11-21-17(18-13)16-3-2-9-23-16/h2-7,9,11H,8,10,12H2,1H3. The molecule has 0 N–H and O–H groups in total. The number of ether oxygens (including phenoxy) is 2. The summed E-state index contributed by atoms with van der Waals surface area (Å²) in [4.78, 5) is 5.56. The van der Waals surface area contributed by atoms with Crippen LogP contribution < -0.4 is 9.47 Å². The van der Waals surface area contributed by atoms with E-state index in [2.05, 4.69) is 4.98 Å². The minimum absolute atomic E-state index is 0.659. The van der Waals surface area contributed by atoms with Crippen molar-refractivity contribution in [3.05, 3.63) is 53.7 Å². The molecular weight excluding hydrogens is 330 g/mol. The largest absolute Gasteiger partial charge is 0.497 e. The van der Waals surface area contributed by atoms with Gasteiger partial charge in [0.25, 0.3) is 0 Å². The molecule has 3 aromatic rings. The lowest BCUT2D eigenvalue weighted by atomic mass is 10.3. The quantitative estimate of drug-likeness (QED) is 0.552. The van der Waals surface area contributed by atoms with Crippen LogP contribution in [0.25, 0.3) is 10.8 Å². The van der Waals surface area contributed by atoms with Crippen molar-refractivity contribution in [2.45, 2.75) is 5.75 Å². The molecule has 0 unspecified atom stereocenters. The average molecular weight is 347 g/mol. The highest BCUT2D eigenvalue weighted by molar-refractivity contribution is 7.98. The monoisotopic (exact) mass is 347 g/mol. The number of rotatable bonds is 8. The summed E-state index contributed by atoms with van der Waals surface area (Å²) in [7, 11) is 1.65. The Balaban J connectivity index is 1.38. The van der Waals surface area contributed by atoms with Crippen molar-refractivity contribution in [1.29, 1.82) is 0 Å². The normalized spacial score (nSPS) is 10.7. The number of thiophene rings is 1. The minimum atomic E-state index is 0.659. The highest BCUT2D eigenvalue weighted by Gasteiger charge is 2.07. The molecule has 6 heteroatoms. The van der Waals surface area contributed by atoms with Crippen molar-refractivity contribution in [3.8, 4) is 22.3 Å². The Morgan fingerprint density at radius 1 is 1.17 bits per heavy atom. The van der Waals surface area contributed by atoms with Crippen LogP contribution in [0.5, 0.6) is 11.5 Å². The fraction of sp³-hybridized carbons (Fsp3) is 0.235. The Morgan fingerprint density at radius 2 is 2.00 bits per heavy atom. The third kappa shape index (κ3) is 4.53. The molecule has 0 spiro atoms. The first-order chi connectivity index (χ1) is 11.3. The van der Waals surface area contributed by atoms with E-state index in [1.54, 1.807) is 36.5 Å². The smallest absolute Gasteiger partial charge is 0.236 e.